The summed E-state index contributed by atoms with van der Waals surface area (Å²) in [6, 6.07) is 10.6. The Kier molecular flexibility index (Phi) is 7.69. The minimum absolute atomic E-state index is 0.0170. The van der Waals surface area contributed by atoms with Gasteiger partial charge in [0, 0.05) is 35.9 Å². The number of amides is 1. The fourth-order valence-electron chi connectivity index (χ4n) is 4.73. The first kappa shape index (κ1) is 26.8. The van der Waals surface area contributed by atoms with Crippen molar-refractivity contribution < 1.29 is 27.3 Å². The molecule has 1 fully saturated rings. The molecule has 4 rings (SSSR count). The molecule has 1 atom stereocenters. The highest BCUT2D eigenvalue weighted by atomic mass is 31.2. The Labute approximate surface area is 214 Å². The Morgan fingerprint density at radius 2 is 1.81 bits per heavy atom. The second-order valence-corrected chi connectivity index (χ2v) is 13.0. The van der Waals surface area contributed by atoms with Crippen LogP contribution in [0.4, 0.5) is 18.9 Å². The van der Waals surface area contributed by atoms with Crippen molar-refractivity contribution in [2.75, 3.05) is 24.8 Å². The van der Waals surface area contributed by atoms with Gasteiger partial charge in [-0.1, -0.05) is 24.3 Å². The first-order valence-corrected chi connectivity index (χ1v) is 14.6. The third-order valence-electron chi connectivity index (χ3n) is 6.57. The molecule has 5 nitrogen and oxygen atoms in total. The summed E-state index contributed by atoms with van der Waals surface area (Å²) in [5, 5.41) is 0.438. The van der Waals surface area contributed by atoms with Crippen molar-refractivity contribution in [3.8, 4) is 11.1 Å². The van der Waals surface area contributed by atoms with Crippen LogP contribution in [0, 0.1) is 30.3 Å². The number of piperidine rings is 1. The lowest BCUT2D eigenvalue weighted by atomic mass is 9.90. The molecule has 0 spiro atoms. The number of Topliss-reactive ketones (excluding diaryl/α,β-unsaturated/α-hetero) is 1. The molecule has 0 aliphatic carbocycles. The van der Waals surface area contributed by atoms with Crippen LogP contribution in [0.1, 0.15) is 30.5 Å². The number of ketones is 1. The maximum absolute atomic E-state index is 15.3. The first-order valence-electron chi connectivity index (χ1n) is 12.0. The summed E-state index contributed by atoms with van der Waals surface area (Å²) in [6.07, 6.45) is 2.01. The highest BCUT2D eigenvalue weighted by Gasteiger charge is 2.34. The number of pyridine rings is 1. The highest BCUT2D eigenvalue weighted by Crippen LogP contribution is 2.41. The molecular formula is C28H28F3N2O3P. The predicted octanol–water partition coefficient (Wildman–Crippen LogP) is 5.67. The molecule has 0 radical (unpaired) electrons. The smallest absolute Gasteiger partial charge is 0.230 e. The molecule has 1 aliphatic rings. The number of rotatable bonds is 7. The number of aryl methyl sites for hydroxylation is 1. The summed E-state index contributed by atoms with van der Waals surface area (Å²) in [5.41, 5.74) is 0.745. The summed E-state index contributed by atoms with van der Waals surface area (Å²) in [7, 11) is -2.77. The number of hydrogen-bond donors (Lipinski definition) is 0. The number of halogens is 3. The first-order chi connectivity index (χ1) is 17.5. The van der Waals surface area contributed by atoms with E-state index >= 15 is 8.78 Å². The summed E-state index contributed by atoms with van der Waals surface area (Å²) >= 11 is 0. The molecule has 2 aromatic carbocycles. The largest absolute Gasteiger partial charge is 0.319 e. The van der Waals surface area contributed by atoms with Crippen LogP contribution in [0.3, 0.4) is 0 Å². The van der Waals surface area contributed by atoms with E-state index < -0.39 is 36.4 Å². The molecule has 37 heavy (non-hydrogen) atoms. The van der Waals surface area contributed by atoms with E-state index in [0.717, 1.165) is 0 Å². The van der Waals surface area contributed by atoms with E-state index in [4.69, 9.17) is 0 Å². The summed E-state index contributed by atoms with van der Waals surface area (Å²) in [6.45, 7) is 5.00. The Balaban J connectivity index is 1.56. The predicted molar refractivity (Wildman–Crippen MR) is 138 cm³/mol. The zero-order valence-corrected chi connectivity index (χ0v) is 21.8. The molecule has 0 N–H and O–H groups in total. The number of aromatic nitrogens is 1. The SMILES string of the molecule is Cc1cnc(CC(=O)C[C@@H]2CCCN(c3ccc(-c4ccccc4P(C)(C)=O)c(F)c3F)C2=O)c(F)c1. The van der Waals surface area contributed by atoms with Gasteiger partial charge in [-0.3, -0.25) is 14.6 Å². The van der Waals surface area contributed by atoms with Gasteiger partial charge in [-0.05, 0) is 62.4 Å². The van der Waals surface area contributed by atoms with Gasteiger partial charge in [0.15, 0.2) is 11.6 Å². The molecule has 2 heterocycles. The van der Waals surface area contributed by atoms with Crippen LogP contribution in [0.15, 0.2) is 48.7 Å². The van der Waals surface area contributed by atoms with Crippen LogP contribution >= 0.6 is 7.14 Å². The summed E-state index contributed by atoms with van der Waals surface area (Å²) < 4.78 is 57.5. The van der Waals surface area contributed by atoms with Gasteiger partial charge < -0.3 is 9.46 Å². The van der Waals surface area contributed by atoms with Crippen molar-refractivity contribution in [1.82, 2.24) is 4.98 Å². The van der Waals surface area contributed by atoms with Gasteiger partial charge in [0.1, 0.15) is 18.7 Å². The Hall–Kier alpha value is -3.25. The molecule has 0 bridgehead atoms. The second kappa shape index (κ2) is 10.6. The molecule has 1 aromatic heterocycles. The van der Waals surface area contributed by atoms with E-state index in [-0.39, 0.29) is 42.1 Å². The fraction of sp³-hybridized carbons (Fsp3) is 0.321. The van der Waals surface area contributed by atoms with Gasteiger partial charge in [0.25, 0.3) is 0 Å². The topological polar surface area (TPSA) is 67.3 Å². The van der Waals surface area contributed by atoms with Crippen molar-refractivity contribution in [3.63, 3.8) is 0 Å². The maximum atomic E-state index is 15.3. The Bertz CT molecular complexity index is 1420. The number of hydrogen-bond acceptors (Lipinski definition) is 4. The lowest BCUT2D eigenvalue weighted by Crippen LogP contribution is -2.42. The number of benzene rings is 2. The van der Waals surface area contributed by atoms with Gasteiger partial charge in [-0.2, -0.15) is 0 Å². The highest BCUT2D eigenvalue weighted by molar-refractivity contribution is 7.70. The van der Waals surface area contributed by atoms with E-state index in [1.165, 1.54) is 29.3 Å². The monoisotopic (exact) mass is 528 g/mol. The van der Waals surface area contributed by atoms with Crippen LogP contribution in [-0.2, 0) is 20.6 Å². The lowest BCUT2D eigenvalue weighted by molar-refractivity contribution is -0.128. The van der Waals surface area contributed by atoms with Crippen LogP contribution in [0.2, 0.25) is 0 Å². The van der Waals surface area contributed by atoms with Gasteiger partial charge in [0.2, 0.25) is 5.91 Å². The number of carbonyl (C=O) groups is 2. The van der Waals surface area contributed by atoms with Crippen LogP contribution in [-0.4, -0.2) is 36.5 Å². The van der Waals surface area contributed by atoms with Gasteiger partial charge in [-0.15, -0.1) is 0 Å². The van der Waals surface area contributed by atoms with Crippen molar-refractivity contribution in [3.05, 3.63) is 77.4 Å². The van der Waals surface area contributed by atoms with E-state index in [1.807, 2.05) is 0 Å². The van der Waals surface area contributed by atoms with E-state index in [2.05, 4.69) is 4.98 Å². The molecule has 1 amide bonds. The minimum Gasteiger partial charge on any atom is -0.319 e. The summed E-state index contributed by atoms with van der Waals surface area (Å²) in [4.78, 5) is 30.9. The summed E-state index contributed by atoms with van der Waals surface area (Å²) in [5.74, 6) is -4.44. The van der Waals surface area contributed by atoms with Crippen molar-refractivity contribution in [2.45, 2.75) is 32.6 Å². The minimum atomic E-state index is -2.77. The molecule has 194 valence electrons. The van der Waals surface area contributed by atoms with E-state index in [9.17, 15) is 18.5 Å². The van der Waals surface area contributed by atoms with Gasteiger partial charge >= 0.3 is 0 Å². The zero-order valence-electron chi connectivity index (χ0n) is 20.9. The zero-order chi connectivity index (χ0) is 26.9. The van der Waals surface area contributed by atoms with Crippen molar-refractivity contribution in [1.29, 1.82) is 0 Å². The number of nitrogens with zero attached hydrogens (tertiary/aromatic N) is 2. The fourth-order valence-corrected chi connectivity index (χ4v) is 5.95. The van der Waals surface area contributed by atoms with E-state index in [1.54, 1.807) is 44.5 Å². The molecule has 1 aliphatic heterocycles. The van der Waals surface area contributed by atoms with Crippen LogP contribution in [0.5, 0.6) is 0 Å². The standard InChI is InChI=1S/C28H28F3N2O3P/c1-17-13-22(29)23(32-16-17)15-19(34)14-18-7-6-12-33(28(18)35)24-11-10-21(26(30)27(24)31)20-8-4-5-9-25(20)37(2,3)36/h4-5,8-11,13,16,18H,6-7,12,14-15H2,1-3H3/t18-/m0/s1. The Morgan fingerprint density at radius 3 is 2.51 bits per heavy atom. The third-order valence-corrected chi connectivity index (χ3v) is 8.12. The average molecular weight is 529 g/mol. The second-order valence-electron chi connectivity index (χ2n) is 9.82. The average Bonchev–Trinajstić information content (AvgIpc) is 2.84. The maximum Gasteiger partial charge on any atom is 0.230 e. The van der Waals surface area contributed by atoms with Crippen LogP contribution in [0.25, 0.3) is 11.1 Å². The lowest BCUT2D eigenvalue weighted by Gasteiger charge is -2.32. The number of anilines is 1. The quantitative estimate of drug-likeness (QED) is 0.371. The van der Waals surface area contributed by atoms with Crippen molar-refractivity contribution in [2.24, 2.45) is 5.92 Å². The molecule has 0 unspecified atom stereocenters. The third kappa shape index (κ3) is 5.69. The van der Waals surface area contributed by atoms with Crippen LogP contribution < -0.4 is 10.2 Å². The molecule has 0 saturated carbocycles. The molecule has 1 saturated heterocycles. The van der Waals surface area contributed by atoms with Gasteiger partial charge in [0.05, 0.1) is 17.8 Å². The molecule has 9 heteroatoms. The number of carbonyl (C=O) groups excluding carboxylic acids is 2. The Morgan fingerprint density at radius 1 is 1.08 bits per heavy atom. The van der Waals surface area contributed by atoms with Crippen molar-refractivity contribution >= 4 is 29.8 Å². The van der Waals surface area contributed by atoms with E-state index in [0.29, 0.717) is 29.3 Å². The normalized spacial score (nSPS) is 16.2. The van der Waals surface area contributed by atoms with Gasteiger partial charge in [-0.25, -0.2) is 13.2 Å². The molecular weight excluding hydrogens is 500 g/mol. The molecule has 3 aromatic rings.